The van der Waals surface area contributed by atoms with Crippen molar-refractivity contribution in [3.63, 3.8) is 0 Å². The molecule has 2 N–H and O–H groups in total. The summed E-state index contributed by atoms with van der Waals surface area (Å²) >= 11 is 5.83. The Bertz CT molecular complexity index is 497. The van der Waals surface area contributed by atoms with Crippen LogP contribution in [-0.2, 0) is 9.59 Å². The van der Waals surface area contributed by atoms with Crippen molar-refractivity contribution in [3.8, 4) is 0 Å². The van der Waals surface area contributed by atoms with E-state index in [0.717, 1.165) is 0 Å². The summed E-state index contributed by atoms with van der Waals surface area (Å²) in [6.45, 7) is 2.80. The number of carbonyl (C=O) groups excluding carboxylic acids is 1. The van der Waals surface area contributed by atoms with Crippen LogP contribution in [-0.4, -0.2) is 22.0 Å². The minimum Gasteiger partial charge on any atom is -0.478 e. The van der Waals surface area contributed by atoms with E-state index >= 15 is 0 Å². The summed E-state index contributed by atoms with van der Waals surface area (Å²) in [5.41, 5.74) is 0.455. The van der Waals surface area contributed by atoms with E-state index in [9.17, 15) is 9.59 Å². The van der Waals surface area contributed by atoms with Gasteiger partial charge in [0.2, 0.25) is 0 Å². The molecule has 0 radical (unpaired) electrons. The van der Waals surface area contributed by atoms with Gasteiger partial charge in [-0.2, -0.15) is 0 Å². The van der Waals surface area contributed by atoms with Gasteiger partial charge in [0.1, 0.15) is 0 Å². The van der Waals surface area contributed by atoms with Crippen LogP contribution in [0.15, 0.2) is 29.6 Å². The summed E-state index contributed by atoms with van der Waals surface area (Å²) in [6, 6.07) is 1.53. The molecule has 17 heavy (non-hydrogen) atoms. The van der Waals surface area contributed by atoms with Gasteiger partial charge in [0.25, 0.3) is 5.91 Å². The second-order valence-corrected chi connectivity index (χ2v) is 3.77. The van der Waals surface area contributed by atoms with Crippen molar-refractivity contribution >= 4 is 29.2 Å². The summed E-state index contributed by atoms with van der Waals surface area (Å²) in [7, 11) is 0. The number of pyridine rings is 1. The van der Waals surface area contributed by atoms with E-state index in [1.165, 1.54) is 32.3 Å². The lowest BCUT2D eigenvalue weighted by molar-refractivity contribution is -0.133. The third kappa shape index (κ3) is 3.29. The van der Waals surface area contributed by atoms with Gasteiger partial charge in [0.05, 0.1) is 16.9 Å². The molecule has 0 atom stereocenters. The zero-order chi connectivity index (χ0) is 13.0. The molecule has 1 rings (SSSR count). The van der Waals surface area contributed by atoms with E-state index in [0.29, 0.717) is 10.7 Å². The minimum absolute atomic E-state index is 0.0116. The van der Waals surface area contributed by atoms with Crippen molar-refractivity contribution < 1.29 is 14.7 Å². The van der Waals surface area contributed by atoms with Crippen molar-refractivity contribution in [2.24, 2.45) is 0 Å². The Labute approximate surface area is 103 Å². The number of carboxylic acid groups (broad SMARTS) is 1. The molecule has 1 aromatic rings. The third-order valence-corrected chi connectivity index (χ3v) is 2.57. The molecule has 1 amide bonds. The van der Waals surface area contributed by atoms with Gasteiger partial charge in [-0.15, -0.1) is 0 Å². The highest BCUT2D eigenvalue weighted by Crippen LogP contribution is 2.20. The lowest BCUT2D eigenvalue weighted by atomic mass is 10.1. The molecule has 0 fully saturated rings. The average molecular weight is 255 g/mol. The molecule has 0 bridgehead atoms. The largest absolute Gasteiger partial charge is 0.478 e. The van der Waals surface area contributed by atoms with Crippen molar-refractivity contribution in [1.82, 2.24) is 4.98 Å². The highest BCUT2D eigenvalue weighted by atomic mass is 35.5. The van der Waals surface area contributed by atoms with Gasteiger partial charge in [0.15, 0.2) is 0 Å². The Morgan fingerprint density at radius 2 is 2.00 bits per heavy atom. The Kier molecular flexibility index (Phi) is 4.23. The predicted molar refractivity (Wildman–Crippen MR) is 63.9 cm³/mol. The highest BCUT2D eigenvalue weighted by molar-refractivity contribution is 6.33. The van der Waals surface area contributed by atoms with Crippen molar-refractivity contribution in [2.45, 2.75) is 13.8 Å². The normalized spacial score (nSPS) is 11.7. The van der Waals surface area contributed by atoms with E-state index in [-0.39, 0.29) is 11.1 Å². The molecular formula is C11H11ClN2O3. The summed E-state index contributed by atoms with van der Waals surface area (Å²) < 4.78 is 0. The van der Waals surface area contributed by atoms with Crippen LogP contribution in [0.1, 0.15) is 13.8 Å². The topological polar surface area (TPSA) is 79.3 Å². The Morgan fingerprint density at radius 3 is 2.53 bits per heavy atom. The number of nitrogens with zero attached hydrogens (tertiary/aromatic N) is 1. The van der Waals surface area contributed by atoms with E-state index in [4.69, 9.17) is 16.7 Å². The lowest BCUT2D eigenvalue weighted by Gasteiger charge is -2.07. The smallest absolute Gasteiger partial charge is 0.331 e. The van der Waals surface area contributed by atoms with E-state index in [1.807, 2.05) is 0 Å². The fourth-order valence-corrected chi connectivity index (χ4v) is 1.17. The number of anilines is 1. The van der Waals surface area contributed by atoms with E-state index in [2.05, 4.69) is 10.3 Å². The van der Waals surface area contributed by atoms with Gasteiger partial charge in [-0.1, -0.05) is 11.6 Å². The van der Waals surface area contributed by atoms with Gasteiger partial charge >= 0.3 is 5.97 Å². The fraction of sp³-hybridized carbons (Fsp3) is 0.182. The van der Waals surface area contributed by atoms with Crippen LogP contribution in [0.2, 0.25) is 5.02 Å². The number of aliphatic carboxylic acids is 1. The van der Waals surface area contributed by atoms with Crippen LogP contribution in [0.25, 0.3) is 0 Å². The second-order valence-electron chi connectivity index (χ2n) is 3.36. The minimum atomic E-state index is -1.13. The molecule has 1 aromatic heterocycles. The number of amides is 1. The first-order valence-corrected chi connectivity index (χ1v) is 5.13. The molecule has 0 aliphatic rings. The number of rotatable bonds is 3. The monoisotopic (exact) mass is 254 g/mol. The molecule has 90 valence electrons. The molecule has 0 saturated carbocycles. The molecule has 0 unspecified atom stereocenters. The third-order valence-electron chi connectivity index (χ3n) is 2.24. The van der Waals surface area contributed by atoms with E-state index < -0.39 is 11.9 Å². The predicted octanol–water partition coefficient (Wildman–Crippen LogP) is 2.09. The standard InChI is InChI=1S/C11H11ClN2O3/c1-6(7(2)11(16)17)10(15)14-9-5-13-4-3-8(9)12/h3-5H,1-2H3,(H,14,15)(H,16,17)/b7-6+. The number of carbonyl (C=O) groups is 2. The van der Waals surface area contributed by atoms with Crippen LogP contribution in [0, 0.1) is 0 Å². The average Bonchev–Trinajstić information content (AvgIpc) is 2.30. The molecule has 0 aromatic carbocycles. The van der Waals surface area contributed by atoms with Gasteiger partial charge < -0.3 is 10.4 Å². The molecular weight excluding hydrogens is 244 g/mol. The number of hydrogen-bond acceptors (Lipinski definition) is 3. The molecule has 6 heteroatoms. The van der Waals surface area contributed by atoms with Gasteiger partial charge in [0, 0.05) is 17.3 Å². The zero-order valence-electron chi connectivity index (χ0n) is 9.32. The first-order chi connectivity index (χ1) is 7.93. The number of halogens is 1. The van der Waals surface area contributed by atoms with Crippen molar-refractivity contribution in [1.29, 1.82) is 0 Å². The maximum absolute atomic E-state index is 11.7. The molecule has 0 saturated heterocycles. The Balaban J connectivity index is 2.91. The van der Waals surface area contributed by atoms with Crippen LogP contribution in [0.3, 0.4) is 0 Å². The highest BCUT2D eigenvalue weighted by Gasteiger charge is 2.13. The van der Waals surface area contributed by atoms with Gasteiger partial charge in [-0.05, 0) is 19.9 Å². The van der Waals surface area contributed by atoms with Crippen LogP contribution < -0.4 is 5.32 Å². The Hall–Kier alpha value is -1.88. The van der Waals surface area contributed by atoms with Crippen molar-refractivity contribution in [3.05, 3.63) is 34.6 Å². The van der Waals surface area contributed by atoms with Gasteiger partial charge in [-0.3, -0.25) is 9.78 Å². The fourth-order valence-electron chi connectivity index (χ4n) is 1.02. The maximum atomic E-state index is 11.7. The zero-order valence-corrected chi connectivity index (χ0v) is 10.1. The van der Waals surface area contributed by atoms with Crippen molar-refractivity contribution in [2.75, 3.05) is 5.32 Å². The summed E-state index contributed by atoms with van der Waals surface area (Å²) in [5.74, 6) is -1.64. The van der Waals surface area contributed by atoms with Gasteiger partial charge in [-0.25, -0.2) is 4.79 Å². The first-order valence-electron chi connectivity index (χ1n) is 4.75. The van der Waals surface area contributed by atoms with E-state index in [1.54, 1.807) is 0 Å². The number of hydrogen-bond donors (Lipinski definition) is 2. The second kappa shape index (κ2) is 5.45. The quantitative estimate of drug-likeness (QED) is 0.810. The lowest BCUT2D eigenvalue weighted by Crippen LogP contribution is -2.16. The molecule has 0 aliphatic carbocycles. The Morgan fingerprint density at radius 1 is 1.35 bits per heavy atom. The number of carboxylic acids is 1. The van der Waals surface area contributed by atoms with Crippen LogP contribution in [0.5, 0.6) is 0 Å². The summed E-state index contributed by atoms with van der Waals surface area (Å²) in [5, 5.41) is 11.6. The SMILES string of the molecule is C/C(C(=O)O)=C(/C)C(=O)Nc1cnccc1Cl. The molecule has 1 heterocycles. The summed E-state index contributed by atoms with van der Waals surface area (Å²) in [6.07, 6.45) is 2.88. The summed E-state index contributed by atoms with van der Waals surface area (Å²) in [4.78, 5) is 26.2. The van der Waals surface area contributed by atoms with Crippen LogP contribution >= 0.6 is 11.6 Å². The molecule has 0 spiro atoms. The molecule has 5 nitrogen and oxygen atoms in total. The van der Waals surface area contributed by atoms with Crippen LogP contribution in [0.4, 0.5) is 5.69 Å². The maximum Gasteiger partial charge on any atom is 0.331 e. The number of nitrogens with one attached hydrogen (secondary N) is 1. The number of aromatic nitrogens is 1. The first kappa shape index (κ1) is 13.2. The molecule has 0 aliphatic heterocycles.